The lowest BCUT2D eigenvalue weighted by molar-refractivity contribution is 0.0474. The Bertz CT molecular complexity index is 991. The number of nitrogens with one attached hydrogen (secondary N) is 1. The van der Waals surface area contributed by atoms with Gasteiger partial charge in [0.1, 0.15) is 10.6 Å². The van der Waals surface area contributed by atoms with E-state index in [9.17, 15) is 18.0 Å². The zero-order chi connectivity index (χ0) is 20.2. The van der Waals surface area contributed by atoms with Gasteiger partial charge >= 0.3 is 5.97 Å². The first kappa shape index (κ1) is 21.2. The summed E-state index contributed by atoms with van der Waals surface area (Å²) in [6.45, 7) is -0.545. The second-order valence-electron chi connectivity index (χ2n) is 5.20. The van der Waals surface area contributed by atoms with Crippen LogP contribution in [0.2, 0.25) is 10.0 Å². The van der Waals surface area contributed by atoms with E-state index in [4.69, 9.17) is 32.7 Å². The number of carbonyl (C=O) groups is 2. The van der Waals surface area contributed by atoms with E-state index < -0.39 is 28.4 Å². The smallest absolute Gasteiger partial charge is 0.338 e. The molecule has 0 aromatic heterocycles. The number of ether oxygens (including phenoxy) is 2. The fourth-order valence-corrected chi connectivity index (χ4v) is 3.31. The Morgan fingerprint density at radius 3 is 2.30 bits per heavy atom. The minimum absolute atomic E-state index is 0.0495. The Labute approximate surface area is 166 Å². The number of hydrogen-bond donors (Lipinski definition) is 1. The van der Waals surface area contributed by atoms with Crippen LogP contribution in [0.15, 0.2) is 41.3 Å². The van der Waals surface area contributed by atoms with Crippen molar-refractivity contribution in [2.24, 2.45) is 0 Å². The molecule has 0 spiro atoms. The predicted octanol–water partition coefficient (Wildman–Crippen LogP) is 2.95. The van der Waals surface area contributed by atoms with Gasteiger partial charge in [-0.2, -0.15) is 0 Å². The molecule has 0 unspecified atom stereocenters. The summed E-state index contributed by atoms with van der Waals surface area (Å²) in [5.74, 6) is -1.29. The van der Waals surface area contributed by atoms with Crippen LogP contribution in [-0.4, -0.2) is 40.9 Å². The maximum Gasteiger partial charge on any atom is 0.338 e. The molecule has 2 aromatic rings. The zero-order valence-electron chi connectivity index (χ0n) is 14.3. The number of Topliss-reactive ketones (excluding diaryl/α,β-unsaturated/α-hetero) is 1. The van der Waals surface area contributed by atoms with Crippen LogP contribution in [0.4, 0.5) is 0 Å². The van der Waals surface area contributed by atoms with Crippen molar-refractivity contribution in [2.75, 3.05) is 20.8 Å². The number of benzene rings is 2. The highest BCUT2D eigenvalue weighted by Gasteiger charge is 2.21. The van der Waals surface area contributed by atoms with Crippen molar-refractivity contribution in [3.8, 4) is 5.75 Å². The molecule has 0 aliphatic heterocycles. The maximum atomic E-state index is 12.2. The van der Waals surface area contributed by atoms with Crippen LogP contribution in [-0.2, 0) is 14.8 Å². The summed E-state index contributed by atoms with van der Waals surface area (Å²) in [6.07, 6.45) is 0. The Hall–Kier alpha value is -2.13. The van der Waals surface area contributed by atoms with E-state index in [2.05, 4.69) is 4.72 Å². The monoisotopic (exact) mass is 431 g/mol. The molecule has 0 aliphatic carbocycles. The van der Waals surface area contributed by atoms with E-state index in [1.54, 1.807) is 0 Å². The lowest BCUT2D eigenvalue weighted by Gasteiger charge is -2.11. The third-order valence-corrected chi connectivity index (χ3v) is 5.71. The van der Waals surface area contributed by atoms with Gasteiger partial charge in [0, 0.05) is 5.56 Å². The van der Waals surface area contributed by atoms with Gasteiger partial charge < -0.3 is 9.47 Å². The summed E-state index contributed by atoms with van der Waals surface area (Å²) >= 11 is 11.6. The number of hydrogen-bond acceptors (Lipinski definition) is 6. The second-order valence-corrected chi connectivity index (χ2v) is 7.87. The molecule has 144 valence electrons. The molecular weight excluding hydrogens is 417 g/mol. The normalized spacial score (nSPS) is 11.1. The van der Waals surface area contributed by atoms with Gasteiger partial charge in [-0.25, -0.2) is 17.9 Å². The quantitative estimate of drug-likeness (QED) is 0.534. The Kier molecular flexibility index (Phi) is 6.83. The number of methoxy groups -OCH3 is 1. The summed E-state index contributed by atoms with van der Waals surface area (Å²) in [5, 5.41) is 0.493. The number of carbonyl (C=O) groups excluding carboxylic acids is 2. The van der Waals surface area contributed by atoms with Crippen LogP contribution in [0, 0.1) is 0 Å². The van der Waals surface area contributed by atoms with Crippen LogP contribution >= 0.6 is 23.2 Å². The van der Waals surface area contributed by atoms with Gasteiger partial charge in [-0.05, 0) is 43.4 Å². The molecule has 10 heteroatoms. The van der Waals surface area contributed by atoms with Gasteiger partial charge in [0.15, 0.2) is 12.4 Å². The Morgan fingerprint density at radius 1 is 1.04 bits per heavy atom. The van der Waals surface area contributed by atoms with Crippen molar-refractivity contribution in [1.82, 2.24) is 4.72 Å². The van der Waals surface area contributed by atoms with Gasteiger partial charge in [-0.3, -0.25) is 4.79 Å². The third kappa shape index (κ3) is 4.98. The molecule has 1 N–H and O–H groups in total. The second kappa shape index (κ2) is 8.71. The van der Waals surface area contributed by atoms with Crippen LogP contribution in [0.3, 0.4) is 0 Å². The highest BCUT2D eigenvalue weighted by molar-refractivity contribution is 7.89. The van der Waals surface area contributed by atoms with E-state index in [0.29, 0.717) is 5.02 Å². The molecule has 7 nitrogen and oxygen atoms in total. The van der Waals surface area contributed by atoms with Crippen LogP contribution in [0.5, 0.6) is 5.75 Å². The topological polar surface area (TPSA) is 98.8 Å². The SMILES string of the molecule is CNS(=O)(=O)c1cc(C(=O)OCC(=O)c2ccc(Cl)c(Cl)c2)ccc1OC. The van der Waals surface area contributed by atoms with E-state index in [1.165, 1.54) is 44.5 Å². The first-order valence-corrected chi connectivity index (χ1v) is 9.70. The van der Waals surface area contributed by atoms with Crippen molar-refractivity contribution in [3.05, 3.63) is 57.6 Å². The molecule has 0 amide bonds. The average molecular weight is 432 g/mol. The van der Waals surface area contributed by atoms with Crippen LogP contribution < -0.4 is 9.46 Å². The fraction of sp³-hybridized carbons (Fsp3) is 0.176. The summed E-state index contributed by atoms with van der Waals surface area (Å²) in [7, 11) is -1.32. The lowest BCUT2D eigenvalue weighted by atomic mass is 10.1. The largest absolute Gasteiger partial charge is 0.495 e. The minimum atomic E-state index is -3.86. The molecule has 27 heavy (non-hydrogen) atoms. The standard InChI is InChI=1S/C17H15Cl2NO6S/c1-20-27(23,24)16-8-11(4-6-15(16)25-2)17(22)26-9-14(21)10-3-5-12(18)13(19)7-10/h3-8,20H,9H2,1-2H3. The van der Waals surface area contributed by atoms with E-state index in [1.807, 2.05) is 0 Å². The predicted molar refractivity (Wildman–Crippen MR) is 100 cm³/mol. The Balaban J connectivity index is 2.17. The van der Waals surface area contributed by atoms with E-state index in [0.717, 1.165) is 6.07 Å². The molecule has 2 aromatic carbocycles. The van der Waals surface area contributed by atoms with Gasteiger partial charge in [0.25, 0.3) is 0 Å². The first-order chi connectivity index (χ1) is 12.7. The summed E-state index contributed by atoms with van der Waals surface area (Å²) < 4.78 is 36.2. The molecule has 2 rings (SSSR count). The molecule has 0 saturated carbocycles. The third-order valence-electron chi connectivity index (χ3n) is 3.53. The number of halogens is 2. The average Bonchev–Trinajstić information content (AvgIpc) is 2.67. The first-order valence-electron chi connectivity index (χ1n) is 7.46. The van der Waals surface area contributed by atoms with Crippen molar-refractivity contribution < 1.29 is 27.5 Å². The number of rotatable bonds is 7. The molecule has 0 bridgehead atoms. The highest BCUT2D eigenvalue weighted by Crippen LogP contribution is 2.25. The lowest BCUT2D eigenvalue weighted by Crippen LogP contribution is -2.20. The number of ketones is 1. The van der Waals surface area contributed by atoms with Gasteiger partial charge in [0.05, 0.1) is 22.7 Å². The van der Waals surface area contributed by atoms with E-state index in [-0.39, 0.29) is 26.8 Å². The van der Waals surface area contributed by atoms with Crippen LogP contribution in [0.25, 0.3) is 0 Å². The molecular formula is C17H15Cl2NO6S. The molecule has 0 atom stereocenters. The number of esters is 1. The minimum Gasteiger partial charge on any atom is -0.495 e. The summed E-state index contributed by atoms with van der Waals surface area (Å²) in [6, 6.07) is 8.04. The highest BCUT2D eigenvalue weighted by atomic mass is 35.5. The van der Waals surface area contributed by atoms with Gasteiger partial charge in [0.2, 0.25) is 10.0 Å². The van der Waals surface area contributed by atoms with Crippen LogP contribution in [0.1, 0.15) is 20.7 Å². The van der Waals surface area contributed by atoms with Crippen molar-refractivity contribution >= 4 is 45.0 Å². The molecule has 0 fully saturated rings. The molecule has 0 aliphatic rings. The fourth-order valence-electron chi connectivity index (χ4n) is 2.09. The molecule has 0 radical (unpaired) electrons. The van der Waals surface area contributed by atoms with Crippen molar-refractivity contribution in [3.63, 3.8) is 0 Å². The van der Waals surface area contributed by atoms with E-state index >= 15 is 0 Å². The van der Waals surface area contributed by atoms with Crippen molar-refractivity contribution in [1.29, 1.82) is 0 Å². The zero-order valence-corrected chi connectivity index (χ0v) is 16.6. The van der Waals surface area contributed by atoms with Gasteiger partial charge in [-0.15, -0.1) is 0 Å². The summed E-state index contributed by atoms with van der Waals surface area (Å²) in [5.41, 5.74) is 0.178. The Morgan fingerprint density at radius 2 is 1.70 bits per heavy atom. The summed E-state index contributed by atoms with van der Waals surface area (Å²) in [4.78, 5) is 24.1. The van der Waals surface area contributed by atoms with Gasteiger partial charge in [-0.1, -0.05) is 23.2 Å². The molecule has 0 saturated heterocycles. The van der Waals surface area contributed by atoms with Crippen molar-refractivity contribution in [2.45, 2.75) is 4.90 Å². The maximum absolute atomic E-state index is 12.2. The molecule has 0 heterocycles. The number of sulfonamides is 1.